The molecule has 0 N–H and O–H groups in total. The lowest BCUT2D eigenvalue weighted by Crippen LogP contribution is -2.10. The largest absolute Gasteiger partial charge is 0.453 e. The van der Waals surface area contributed by atoms with E-state index in [0.717, 1.165) is 50.1 Å². The molecule has 2 aromatic heterocycles. The molecule has 0 bridgehead atoms. The maximum absolute atomic E-state index is 6.87. The Balaban J connectivity index is 1.30. The van der Waals surface area contributed by atoms with E-state index < -0.39 is 0 Å². The first-order chi connectivity index (χ1) is 21.7. The molecule has 9 rings (SSSR count). The van der Waals surface area contributed by atoms with Gasteiger partial charge in [-0.25, -0.2) is 0 Å². The smallest absolute Gasteiger partial charge is 0.159 e. The summed E-state index contributed by atoms with van der Waals surface area (Å²) in [5.41, 5.74) is 8.50. The number of fused-ring (bicyclic) bond motifs is 8. The molecule has 44 heavy (non-hydrogen) atoms. The van der Waals surface area contributed by atoms with E-state index in [4.69, 9.17) is 4.42 Å². The van der Waals surface area contributed by atoms with Gasteiger partial charge in [-0.15, -0.1) is 11.3 Å². The van der Waals surface area contributed by atoms with Gasteiger partial charge in [0.05, 0.1) is 5.69 Å². The fourth-order valence-electron chi connectivity index (χ4n) is 6.69. The number of aryl methyl sites for hydroxylation is 1. The molecule has 2 nitrogen and oxygen atoms in total. The number of para-hydroxylation sites is 2. The Hall–Kier alpha value is -5.38. The Morgan fingerprint density at radius 2 is 1.27 bits per heavy atom. The Morgan fingerprint density at radius 3 is 2.16 bits per heavy atom. The number of furan rings is 1. The van der Waals surface area contributed by atoms with Gasteiger partial charge in [-0.3, -0.25) is 0 Å². The van der Waals surface area contributed by atoms with Gasteiger partial charge in [0.1, 0.15) is 5.58 Å². The summed E-state index contributed by atoms with van der Waals surface area (Å²) in [5.74, 6) is 0. The zero-order chi connectivity index (χ0) is 29.2. The predicted octanol–water partition coefficient (Wildman–Crippen LogP) is 12.6. The van der Waals surface area contributed by atoms with Crippen molar-refractivity contribution in [2.45, 2.75) is 6.92 Å². The van der Waals surface area contributed by atoms with Gasteiger partial charge in [-0.05, 0) is 65.2 Å². The quantitative estimate of drug-likeness (QED) is 0.206. The first-order valence-electron chi connectivity index (χ1n) is 14.9. The third-order valence-electron chi connectivity index (χ3n) is 8.69. The van der Waals surface area contributed by atoms with Crippen LogP contribution in [0.4, 0.5) is 17.1 Å². The van der Waals surface area contributed by atoms with E-state index in [0.29, 0.717) is 0 Å². The third-order valence-corrected chi connectivity index (χ3v) is 9.81. The molecule has 0 saturated carbocycles. The number of hydrogen-bond donors (Lipinski definition) is 0. The highest BCUT2D eigenvalue weighted by molar-refractivity contribution is 7.26. The first-order valence-corrected chi connectivity index (χ1v) is 15.7. The summed E-state index contributed by atoms with van der Waals surface area (Å²) in [5, 5.41) is 7.45. The number of nitrogens with zero attached hydrogens (tertiary/aromatic N) is 1. The van der Waals surface area contributed by atoms with Crippen molar-refractivity contribution in [1.82, 2.24) is 0 Å². The Bertz CT molecular complexity index is 2520. The molecule has 0 aliphatic carbocycles. The van der Waals surface area contributed by atoms with Crippen molar-refractivity contribution in [2.24, 2.45) is 0 Å². The molecule has 2 heterocycles. The monoisotopic (exact) mass is 581 g/mol. The lowest BCUT2D eigenvalue weighted by molar-refractivity contribution is 0.670. The molecule has 9 aromatic rings. The minimum atomic E-state index is 0.884. The SMILES string of the molecule is Cc1cccc(N(c2ccc3c(c2)sc2ccc4ccccc4c23)c2cccc3c2oc2c(-c4ccccc4)cccc23)c1. The first kappa shape index (κ1) is 25.1. The molecule has 0 aliphatic heterocycles. The van der Waals surface area contributed by atoms with Crippen molar-refractivity contribution in [3.63, 3.8) is 0 Å². The second kappa shape index (κ2) is 9.84. The fourth-order valence-corrected chi connectivity index (χ4v) is 7.85. The molecule has 3 heteroatoms. The lowest BCUT2D eigenvalue weighted by atomic mass is 10.0. The molecular formula is C41H27NOS. The number of rotatable bonds is 4. The summed E-state index contributed by atoms with van der Waals surface area (Å²) in [6.45, 7) is 2.15. The van der Waals surface area contributed by atoms with Crippen molar-refractivity contribution in [3.8, 4) is 11.1 Å². The van der Waals surface area contributed by atoms with Crippen LogP contribution in [0, 0.1) is 6.92 Å². The van der Waals surface area contributed by atoms with Gasteiger partial charge in [-0.1, -0.05) is 109 Å². The van der Waals surface area contributed by atoms with Crippen molar-refractivity contribution >= 4 is 81.3 Å². The second-order valence-corrected chi connectivity index (χ2v) is 12.5. The zero-order valence-corrected chi connectivity index (χ0v) is 24.9. The highest BCUT2D eigenvalue weighted by Crippen LogP contribution is 2.46. The number of benzene rings is 7. The molecule has 7 aromatic carbocycles. The van der Waals surface area contributed by atoms with Crippen LogP contribution < -0.4 is 4.90 Å². The molecule has 0 fully saturated rings. The predicted molar refractivity (Wildman–Crippen MR) is 189 cm³/mol. The van der Waals surface area contributed by atoms with Crippen LogP contribution in [0.2, 0.25) is 0 Å². The standard InChI is InChI=1S/C41H27NOS/c1-26-10-7-14-29(24-26)42(30-21-22-35-38(25-30)44-37-23-20-28-13-5-6-15-31(28)39(35)37)36-19-9-18-34-33-17-8-16-32(40(33)43-41(34)36)27-11-3-2-4-12-27/h2-25H,1H3. The number of hydrogen-bond acceptors (Lipinski definition) is 3. The van der Waals surface area contributed by atoms with Gasteiger partial charge >= 0.3 is 0 Å². The van der Waals surface area contributed by atoms with Crippen molar-refractivity contribution in [3.05, 3.63) is 151 Å². The molecule has 0 radical (unpaired) electrons. The van der Waals surface area contributed by atoms with Gasteiger partial charge in [0.15, 0.2) is 5.58 Å². The Kier molecular flexibility index (Phi) is 5.62. The van der Waals surface area contributed by atoms with E-state index in [9.17, 15) is 0 Å². The van der Waals surface area contributed by atoms with Crippen LogP contribution in [-0.4, -0.2) is 0 Å². The Labute approximate surface area is 259 Å². The van der Waals surface area contributed by atoms with E-state index in [1.54, 1.807) is 0 Å². The van der Waals surface area contributed by atoms with Crippen molar-refractivity contribution in [2.75, 3.05) is 4.90 Å². The molecule has 0 atom stereocenters. The van der Waals surface area contributed by atoms with E-state index in [-0.39, 0.29) is 0 Å². The minimum Gasteiger partial charge on any atom is -0.453 e. The second-order valence-electron chi connectivity index (χ2n) is 11.4. The van der Waals surface area contributed by atoms with Gasteiger partial charge in [0, 0.05) is 47.9 Å². The van der Waals surface area contributed by atoms with Crippen LogP contribution in [0.1, 0.15) is 5.56 Å². The molecular weight excluding hydrogens is 555 g/mol. The summed E-state index contributed by atoms with van der Waals surface area (Å²) < 4.78 is 9.45. The summed E-state index contributed by atoms with van der Waals surface area (Å²) in [6, 6.07) is 52.2. The molecule has 0 saturated heterocycles. The van der Waals surface area contributed by atoms with Gasteiger partial charge < -0.3 is 9.32 Å². The number of thiophene rings is 1. The van der Waals surface area contributed by atoms with Crippen LogP contribution in [0.5, 0.6) is 0 Å². The normalized spacial score (nSPS) is 11.8. The van der Waals surface area contributed by atoms with Crippen LogP contribution in [0.25, 0.3) is 64.0 Å². The fraction of sp³-hybridized carbons (Fsp3) is 0.0244. The van der Waals surface area contributed by atoms with E-state index in [1.165, 1.54) is 36.5 Å². The van der Waals surface area contributed by atoms with Gasteiger partial charge in [-0.2, -0.15) is 0 Å². The maximum atomic E-state index is 6.87. The van der Waals surface area contributed by atoms with Gasteiger partial charge in [0.2, 0.25) is 0 Å². The van der Waals surface area contributed by atoms with E-state index >= 15 is 0 Å². The van der Waals surface area contributed by atoms with Crippen LogP contribution in [-0.2, 0) is 0 Å². The van der Waals surface area contributed by atoms with E-state index in [1.807, 2.05) is 11.3 Å². The zero-order valence-electron chi connectivity index (χ0n) is 24.1. The van der Waals surface area contributed by atoms with Crippen LogP contribution >= 0.6 is 11.3 Å². The van der Waals surface area contributed by atoms with Crippen LogP contribution in [0.15, 0.2) is 150 Å². The topological polar surface area (TPSA) is 16.4 Å². The van der Waals surface area contributed by atoms with E-state index in [2.05, 4.69) is 157 Å². The summed E-state index contributed by atoms with van der Waals surface area (Å²) in [6.07, 6.45) is 0. The van der Waals surface area contributed by atoms with Gasteiger partial charge in [0.25, 0.3) is 0 Å². The van der Waals surface area contributed by atoms with Crippen molar-refractivity contribution in [1.29, 1.82) is 0 Å². The Morgan fingerprint density at radius 1 is 0.523 bits per heavy atom. The highest BCUT2D eigenvalue weighted by atomic mass is 32.1. The maximum Gasteiger partial charge on any atom is 0.159 e. The minimum absolute atomic E-state index is 0.884. The molecule has 0 aliphatic rings. The van der Waals surface area contributed by atoms with Crippen LogP contribution in [0.3, 0.4) is 0 Å². The molecule has 208 valence electrons. The summed E-state index contributed by atoms with van der Waals surface area (Å²) >= 11 is 1.86. The average Bonchev–Trinajstić information content (AvgIpc) is 3.64. The lowest BCUT2D eigenvalue weighted by Gasteiger charge is -2.26. The summed E-state index contributed by atoms with van der Waals surface area (Å²) in [4.78, 5) is 2.35. The molecule has 0 amide bonds. The number of anilines is 3. The third kappa shape index (κ3) is 3.87. The summed E-state index contributed by atoms with van der Waals surface area (Å²) in [7, 11) is 0. The molecule has 0 unspecified atom stereocenters. The highest BCUT2D eigenvalue weighted by Gasteiger charge is 2.21. The molecule has 0 spiro atoms. The average molecular weight is 582 g/mol. The van der Waals surface area contributed by atoms with Crippen molar-refractivity contribution < 1.29 is 4.42 Å².